The number of hydrogen-bond donors (Lipinski definition) is 1. The average Bonchev–Trinajstić information content (AvgIpc) is 2.52. The van der Waals surface area contributed by atoms with E-state index in [2.05, 4.69) is 5.32 Å². The number of benzene rings is 2. The lowest BCUT2D eigenvalue weighted by atomic mass is 9.98. The van der Waals surface area contributed by atoms with Gasteiger partial charge in [-0.25, -0.2) is 4.79 Å². The molecule has 5 heteroatoms. The van der Waals surface area contributed by atoms with Gasteiger partial charge < -0.3 is 10.1 Å². The molecule has 23 heavy (non-hydrogen) atoms. The first-order valence-corrected chi connectivity index (χ1v) is 7.00. The van der Waals surface area contributed by atoms with Crippen molar-refractivity contribution in [1.82, 2.24) is 0 Å². The standard InChI is InChI=1S/C18H13NO4/c1-11(20)19-13-8-6-12(7-9-13)10-15-17(21)14-4-2-3-5-16(14)23-18(15)22/h2-10H,1H3,(H,19,20)/b15-10-. The lowest BCUT2D eigenvalue weighted by molar-refractivity contribution is -0.130. The minimum absolute atomic E-state index is 0.0176. The molecule has 2 aromatic rings. The highest BCUT2D eigenvalue weighted by Gasteiger charge is 2.30. The lowest BCUT2D eigenvalue weighted by Gasteiger charge is -2.16. The molecule has 0 radical (unpaired) electrons. The third-order valence-electron chi connectivity index (χ3n) is 3.34. The van der Waals surface area contributed by atoms with Crippen molar-refractivity contribution in [3.63, 3.8) is 0 Å². The number of fused-ring (bicyclic) bond motifs is 1. The molecule has 0 spiro atoms. The molecule has 0 unspecified atom stereocenters. The number of ketones is 1. The molecule has 0 aromatic heterocycles. The summed E-state index contributed by atoms with van der Waals surface area (Å²) in [5, 5.41) is 2.65. The quantitative estimate of drug-likeness (QED) is 0.401. The summed E-state index contributed by atoms with van der Waals surface area (Å²) >= 11 is 0. The van der Waals surface area contributed by atoms with E-state index in [4.69, 9.17) is 4.74 Å². The number of hydrogen-bond acceptors (Lipinski definition) is 4. The Morgan fingerprint density at radius 2 is 1.74 bits per heavy atom. The topological polar surface area (TPSA) is 72.5 Å². The Morgan fingerprint density at radius 3 is 2.43 bits per heavy atom. The summed E-state index contributed by atoms with van der Waals surface area (Å²) in [6.07, 6.45) is 1.48. The second kappa shape index (κ2) is 5.88. The van der Waals surface area contributed by atoms with Gasteiger partial charge in [0, 0.05) is 12.6 Å². The van der Waals surface area contributed by atoms with Gasteiger partial charge in [0.2, 0.25) is 11.7 Å². The van der Waals surface area contributed by atoms with Crippen molar-refractivity contribution in [2.75, 3.05) is 5.32 Å². The molecule has 3 rings (SSSR count). The first kappa shape index (κ1) is 14.7. The van der Waals surface area contributed by atoms with Gasteiger partial charge in [-0.3, -0.25) is 9.59 Å². The zero-order valence-electron chi connectivity index (χ0n) is 12.3. The van der Waals surface area contributed by atoms with Crippen molar-refractivity contribution in [1.29, 1.82) is 0 Å². The van der Waals surface area contributed by atoms with Crippen molar-refractivity contribution < 1.29 is 19.1 Å². The Hall–Kier alpha value is -3.21. The summed E-state index contributed by atoms with van der Waals surface area (Å²) in [5.74, 6) is -0.915. The normalized spacial score (nSPS) is 15.1. The van der Waals surface area contributed by atoms with Crippen LogP contribution in [0.1, 0.15) is 22.8 Å². The molecule has 1 aliphatic rings. The van der Waals surface area contributed by atoms with E-state index in [9.17, 15) is 14.4 Å². The Morgan fingerprint density at radius 1 is 1.04 bits per heavy atom. The summed E-state index contributed by atoms with van der Waals surface area (Å²) in [4.78, 5) is 35.4. The predicted molar refractivity (Wildman–Crippen MR) is 85.1 cm³/mol. The number of amides is 1. The van der Waals surface area contributed by atoms with Crippen molar-refractivity contribution in [2.24, 2.45) is 0 Å². The molecule has 0 atom stereocenters. The molecule has 0 aliphatic carbocycles. The predicted octanol–water partition coefficient (Wildman–Crippen LogP) is 2.83. The molecule has 1 amide bonds. The highest BCUT2D eigenvalue weighted by atomic mass is 16.5. The van der Waals surface area contributed by atoms with E-state index in [1.807, 2.05) is 0 Å². The zero-order valence-corrected chi connectivity index (χ0v) is 12.3. The van der Waals surface area contributed by atoms with Crippen molar-refractivity contribution in [3.8, 4) is 5.75 Å². The van der Waals surface area contributed by atoms with E-state index in [1.54, 1.807) is 48.5 Å². The van der Waals surface area contributed by atoms with Crippen LogP contribution in [0.5, 0.6) is 5.75 Å². The molecule has 0 fully saturated rings. The first-order valence-electron chi connectivity index (χ1n) is 7.00. The fraction of sp³-hybridized carbons (Fsp3) is 0.0556. The second-order valence-corrected chi connectivity index (χ2v) is 5.08. The van der Waals surface area contributed by atoms with E-state index in [0.29, 0.717) is 16.8 Å². The third-order valence-corrected chi connectivity index (χ3v) is 3.34. The van der Waals surface area contributed by atoms with Gasteiger partial charge in [0.05, 0.1) is 5.56 Å². The van der Waals surface area contributed by atoms with Crippen molar-refractivity contribution >= 4 is 29.4 Å². The summed E-state index contributed by atoms with van der Waals surface area (Å²) in [6, 6.07) is 13.4. The highest BCUT2D eigenvalue weighted by Crippen LogP contribution is 2.28. The van der Waals surface area contributed by atoms with E-state index >= 15 is 0 Å². The molecule has 0 saturated carbocycles. The first-order chi connectivity index (χ1) is 11.0. The Bertz CT molecular complexity index is 834. The number of ether oxygens (including phenoxy) is 1. The number of carbonyl (C=O) groups is 3. The summed E-state index contributed by atoms with van der Waals surface area (Å²) in [6.45, 7) is 1.42. The van der Waals surface area contributed by atoms with Crippen LogP contribution >= 0.6 is 0 Å². The molecule has 1 N–H and O–H groups in total. The third kappa shape index (κ3) is 3.03. The van der Waals surface area contributed by atoms with Crippen LogP contribution in [0.25, 0.3) is 6.08 Å². The van der Waals surface area contributed by atoms with Crippen molar-refractivity contribution in [3.05, 3.63) is 65.2 Å². The second-order valence-electron chi connectivity index (χ2n) is 5.08. The molecule has 0 saturated heterocycles. The lowest BCUT2D eigenvalue weighted by Crippen LogP contribution is -2.24. The molecule has 1 aliphatic heterocycles. The minimum Gasteiger partial charge on any atom is -0.422 e. The van der Waals surface area contributed by atoms with Gasteiger partial charge in [0.1, 0.15) is 11.3 Å². The van der Waals surface area contributed by atoms with Gasteiger partial charge >= 0.3 is 5.97 Å². The Kier molecular flexibility index (Phi) is 3.76. The smallest absolute Gasteiger partial charge is 0.347 e. The molecule has 2 aromatic carbocycles. The van der Waals surface area contributed by atoms with Crippen LogP contribution in [0.15, 0.2) is 54.1 Å². The van der Waals surface area contributed by atoms with Crippen LogP contribution in [0.4, 0.5) is 5.69 Å². The van der Waals surface area contributed by atoms with Gasteiger partial charge in [-0.1, -0.05) is 24.3 Å². The number of para-hydroxylation sites is 1. The van der Waals surface area contributed by atoms with Gasteiger partial charge in [-0.05, 0) is 35.9 Å². The zero-order chi connectivity index (χ0) is 16.4. The van der Waals surface area contributed by atoms with Crippen LogP contribution in [0.2, 0.25) is 0 Å². The SMILES string of the molecule is CC(=O)Nc1ccc(/C=C2\C(=O)Oc3ccccc3C2=O)cc1. The molecule has 1 heterocycles. The maximum Gasteiger partial charge on any atom is 0.347 e. The molecule has 5 nitrogen and oxygen atoms in total. The molecular weight excluding hydrogens is 294 g/mol. The maximum absolute atomic E-state index is 12.4. The van der Waals surface area contributed by atoms with Crippen LogP contribution in [0, 0.1) is 0 Å². The molecule has 114 valence electrons. The average molecular weight is 307 g/mol. The number of esters is 1. The van der Waals surface area contributed by atoms with Crippen LogP contribution in [-0.4, -0.2) is 17.7 Å². The van der Waals surface area contributed by atoms with E-state index in [0.717, 1.165) is 0 Å². The minimum atomic E-state index is -0.667. The Labute approximate surface area is 132 Å². The van der Waals surface area contributed by atoms with Gasteiger partial charge in [0.25, 0.3) is 0 Å². The van der Waals surface area contributed by atoms with Crippen molar-refractivity contribution in [2.45, 2.75) is 6.92 Å². The van der Waals surface area contributed by atoms with Gasteiger partial charge in [-0.2, -0.15) is 0 Å². The molecular formula is C18H13NO4. The van der Waals surface area contributed by atoms with Crippen LogP contribution in [0.3, 0.4) is 0 Å². The monoisotopic (exact) mass is 307 g/mol. The maximum atomic E-state index is 12.4. The largest absolute Gasteiger partial charge is 0.422 e. The van der Waals surface area contributed by atoms with E-state index in [1.165, 1.54) is 13.0 Å². The number of rotatable bonds is 2. The summed E-state index contributed by atoms with van der Waals surface area (Å²) in [5.41, 5.74) is 1.66. The number of carbonyl (C=O) groups excluding carboxylic acids is 3. The number of nitrogens with one attached hydrogen (secondary N) is 1. The number of anilines is 1. The van der Waals surface area contributed by atoms with Gasteiger partial charge in [-0.15, -0.1) is 0 Å². The molecule has 0 bridgehead atoms. The van der Waals surface area contributed by atoms with E-state index < -0.39 is 5.97 Å². The fourth-order valence-corrected chi connectivity index (χ4v) is 2.29. The van der Waals surface area contributed by atoms with E-state index in [-0.39, 0.29) is 23.0 Å². The van der Waals surface area contributed by atoms with Crippen LogP contribution in [-0.2, 0) is 9.59 Å². The Balaban J connectivity index is 1.92. The highest BCUT2D eigenvalue weighted by molar-refractivity contribution is 6.30. The fourth-order valence-electron chi connectivity index (χ4n) is 2.29. The summed E-state index contributed by atoms with van der Waals surface area (Å²) < 4.78 is 5.18. The summed E-state index contributed by atoms with van der Waals surface area (Å²) in [7, 11) is 0. The van der Waals surface area contributed by atoms with Gasteiger partial charge in [0.15, 0.2) is 0 Å². The number of Topliss-reactive ketones (excluding diaryl/α,β-unsaturated/α-hetero) is 1. The van der Waals surface area contributed by atoms with Crippen LogP contribution < -0.4 is 10.1 Å².